The molecule has 0 spiro atoms. The van der Waals surface area contributed by atoms with Crippen LogP contribution in [0.4, 0.5) is 4.39 Å². The van der Waals surface area contributed by atoms with Crippen molar-refractivity contribution in [1.82, 2.24) is 15.0 Å². The highest BCUT2D eigenvalue weighted by atomic mass is 79.9. The summed E-state index contributed by atoms with van der Waals surface area (Å²) in [5.74, 6) is 2.10. The third kappa shape index (κ3) is 5.18. The predicted octanol–water partition coefficient (Wildman–Crippen LogP) is 3.97. The second-order valence-electron chi connectivity index (χ2n) is 6.30. The van der Waals surface area contributed by atoms with Gasteiger partial charge in [-0.2, -0.15) is 0 Å². The summed E-state index contributed by atoms with van der Waals surface area (Å²) in [5, 5.41) is 4.22. The van der Waals surface area contributed by atoms with Crippen LogP contribution in [0.15, 0.2) is 45.8 Å². The van der Waals surface area contributed by atoms with Gasteiger partial charge < -0.3 is 10.3 Å². The summed E-state index contributed by atoms with van der Waals surface area (Å²) in [6.45, 7) is 0.924. The average Bonchev–Trinajstić information content (AvgIpc) is 3.00. The topological polar surface area (TPSA) is 74.0 Å². The molecule has 29 heavy (non-hydrogen) atoms. The van der Waals surface area contributed by atoms with Crippen molar-refractivity contribution >= 4 is 48.5 Å². The fraction of sp³-hybridized carbons (Fsp3) is 0.200. The number of nitrogens with one attached hydrogen (secondary N) is 3. The van der Waals surface area contributed by atoms with E-state index in [1.807, 2.05) is 6.07 Å². The van der Waals surface area contributed by atoms with E-state index in [1.165, 1.54) is 30.3 Å². The van der Waals surface area contributed by atoms with Gasteiger partial charge in [-0.1, -0.05) is 33.5 Å². The van der Waals surface area contributed by atoms with Crippen LogP contribution >= 0.6 is 27.5 Å². The molecule has 1 heterocycles. The highest BCUT2D eigenvalue weighted by Crippen LogP contribution is 2.29. The van der Waals surface area contributed by atoms with E-state index in [2.05, 4.69) is 36.9 Å². The summed E-state index contributed by atoms with van der Waals surface area (Å²) in [5.41, 5.74) is 1.96. The first-order valence-corrected chi connectivity index (χ1v) is 11.3. The number of H-pyrrole nitrogens is 1. The quantitative estimate of drug-likeness (QED) is 0.325. The molecular formula is C20H18BrClFN3O2S. The number of hydrogen-bond acceptors (Lipinski definition) is 3. The Balaban J connectivity index is 1.83. The molecule has 2 aromatic carbocycles. The Morgan fingerprint density at radius 3 is 2.66 bits per heavy atom. The van der Waals surface area contributed by atoms with Crippen LogP contribution in [0.1, 0.15) is 11.3 Å². The molecule has 152 valence electrons. The normalized spacial score (nSPS) is 11.7. The smallest absolute Gasteiger partial charge is 0.240 e. The van der Waals surface area contributed by atoms with Crippen LogP contribution in [-0.2, 0) is 23.0 Å². The van der Waals surface area contributed by atoms with E-state index in [-0.39, 0.29) is 17.3 Å². The molecule has 0 amide bonds. The van der Waals surface area contributed by atoms with E-state index in [1.54, 1.807) is 0 Å². The first-order chi connectivity index (χ1) is 13.8. The van der Waals surface area contributed by atoms with Gasteiger partial charge in [0, 0.05) is 33.7 Å². The van der Waals surface area contributed by atoms with Crippen molar-refractivity contribution in [1.29, 1.82) is 0 Å². The van der Waals surface area contributed by atoms with Gasteiger partial charge in [0.2, 0.25) is 10.0 Å². The zero-order valence-electron chi connectivity index (χ0n) is 15.2. The molecular weight excluding hydrogens is 481 g/mol. The molecule has 0 aliphatic rings. The van der Waals surface area contributed by atoms with Crippen molar-refractivity contribution in [3.63, 3.8) is 0 Å². The van der Waals surface area contributed by atoms with Gasteiger partial charge in [-0.05, 0) is 48.4 Å². The summed E-state index contributed by atoms with van der Waals surface area (Å²) in [7, 11) is -3.68. The predicted molar refractivity (Wildman–Crippen MR) is 117 cm³/mol. The molecule has 3 aromatic rings. The molecule has 0 bridgehead atoms. The summed E-state index contributed by atoms with van der Waals surface area (Å²) in [4.78, 5) is 3.22. The van der Waals surface area contributed by atoms with Gasteiger partial charge in [0.15, 0.2) is 0 Å². The van der Waals surface area contributed by atoms with Gasteiger partial charge in [0.25, 0.3) is 0 Å². The van der Waals surface area contributed by atoms with Crippen molar-refractivity contribution in [2.75, 3.05) is 13.1 Å². The van der Waals surface area contributed by atoms with Crippen LogP contribution in [0.5, 0.6) is 0 Å². The lowest BCUT2D eigenvalue weighted by molar-refractivity contribution is 0.581. The first kappa shape index (κ1) is 21.8. The third-order valence-corrected chi connectivity index (χ3v) is 6.53. The number of aromatic amines is 1. The maximum atomic E-state index is 14.4. The van der Waals surface area contributed by atoms with Gasteiger partial charge in [0.1, 0.15) is 5.82 Å². The van der Waals surface area contributed by atoms with E-state index in [9.17, 15) is 12.8 Å². The van der Waals surface area contributed by atoms with Crippen molar-refractivity contribution in [2.45, 2.75) is 17.9 Å². The van der Waals surface area contributed by atoms with Gasteiger partial charge in [0.05, 0.1) is 17.0 Å². The lowest BCUT2D eigenvalue weighted by atomic mass is 10.1. The second kappa shape index (κ2) is 9.28. The first-order valence-electron chi connectivity index (χ1n) is 8.69. The zero-order chi connectivity index (χ0) is 21.0. The molecule has 0 atom stereocenters. The SMILES string of the molecule is C#CCNCc1[nH]c2c(F)cc(Br)cc2c1CCNS(=O)(=O)c1ccc(Cl)cc1. The molecule has 3 rings (SSSR count). The van der Waals surface area contributed by atoms with E-state index in [0.717, 1.165) is 11.3 Å². The van der Waals surface area contributed by atoms with Gasteiger partial charge in [-0.15, -0.1) is 6.42 Å². The number of fused-ring (bicyclic) bond motifs is 1. The van der Waals surface area contributed by atoms with Crippen LogP contribution in [0.3, 0.4) is 0 Å². The van der Waals surface area contributed by atoms with Crippen molar-refractivity contribution in [3.8, 4) is 12.3 Å². The number of sulfonamides is 1. The Morgan fingerprint density at radius 1 is 1.24 bits per heavy atom. The zero-order valence-corrected chi connectivity index (χ0v) is 18.4. The van der Waals surface area contributed by atoms with Crippen LogP contribution in [0.25, 0.3) is 10.9 Å². The fourth-order valence-electron chi connectivity index (χ4n) is 3.03. The number of aromatic nitrogens is 1. The highest BCUT2D eigenvalue weighted by molar-refractivity contribution is 9.10. The molecule has 0 aliphatic carbocycles. The number of terminal acetylenes is 1. The van der Waals surface area contributed by atoms with Crippen LogP contribution in [0.2, 0.25) is 5.02 Å². The lowest BCUT2D eigenvalue weighted by Gasteiger charge is -2.09. The standard InChI is InChI=1S/C20H18BrClFN3O2S/c1-2-8-24-12-19-16(17-10-13(21)11-18(23)20(17)26-19)7-9-25-29(27,28)15-5-3-14(22)4-6-15/h1,3-6,10-11,24-26H,7-9,12H2. The fourth-order valence-corrected chi connectivity index (χ4v) is 4.62. The maximum absolute atomic E-state index is 14.4. The van der Waals surface area contributed by atoms with E-state index < -0.39 is 10.0 Å². The molecule has 5 nitrogen and oxygen atoms in total. The maximum Gasteiger partial charge on any atom is 0.240 e. The number of benzene rings is 2. The van der Waals surface area contributed by atoms with Crippen molar-refractivity contribution in [2.24, 2.45) is 0 Å². The Labute approximate surface area is 182 Å². The molecule has 3 N–H and O–H groups in total. The lowest BCUT2D eigenvalue weighted by Crippen LogP contribution is -2.26. The Kier molecular flexibility index (Phi) is 6.98. The summed E-state index contributed by atoms with van der Waals surface area (Å²) < 4.78 is 42.5. The molecule has 0 fully saturated rings. The van der Waals surface area contributed by atoms with Crippen LogP contribution in [0, 0.1) is 18.2 Å². The second-order valence-corrected chi connectivity index (χ2v) is 9.42. The minimum Gasteiger partial charge on any atom is -0.355 e. The average molecular weight is 499 g/mol. The highest BCUT2D eigenvalue weighted by Gasteiger charge is 2.17. The van der Waals surface area contributed by atoms with E-state index in [4.69, 9.17) is 18.0 Å². The molecule has 0 saturated heterocycles. The van der Waals surface area contributed by atoms with Gasteiger partial charge >= 0.3 is 0 Å². The van der Waals surface area contributed by atoms with E-state index >= 15 is 0 Å². The summed E-state index contributed by atoms with van der Waals surface area (Å²) in [6, 6.07) is 9.11. The third-order valence-electron chi connectivity index (χ3n) is 4.34. The number of hydrogen-bond donors (Lipinski definition) is 3. The van der Waals surface area contributed by atoms with Crippen LogP contribution < -0.4 is 10.0 Å². The monoisotopic (exact) mass is 497 g/mol. The molecule has 1 aromatic heterocycles. The van der Waals surface area contributed by atoms with Crippen molar-refractivity contribution < 1.29 is 12.8 Å². The molecule has 0 unspecified atom stereocenters. The Morgan fingerprint density at radius 2 is 1.97 bits per heavy atom. The van der Waals surface area contributed by atoms with Crippen LogP contribution in [-0.4, -0.2) is 26.5 Å². The minimum absolute atomic E-state index is 0.130. The Hall–Kier alpha value is -1.89. The number of halogens is 3. The Bertz CT molecular complexity index is 1170. The van der Waals surface area contributed by atoms with Gasteiger partial charge in [-0.3, -0.25) is 0 Å². The largest absolute Gasteiger partial charge is 0.355 e. The molecule has 0 saturated carbocycles. The molecule has 9 heteroatoms. The molecule has 0 radical (unpaired) electrons. The van der Waals surface area contributed by atoms with E-state index in [0.29, 0.717) is 39.9 Å². The summed E-state index contributed by atoms with van der Waals surface area (Å²) >= 11 is 9.12. The number of rotatable bonds is 8. The van der Waals surface area contributed by atoms with Crippen molar-refractivity contribution in [3.05, 3.63) is 63.0 Å². The van der Waals surface area contributed by atoms with Gasteiger partial charge in [-0.25, -0.2) is 17.5 Å². The summed E-state index contributed by atoms with van der Waals surface area (Å²) in [6.07, 6.45) is 5.64. The molecule has 0 aliphatic heterocycles. The minimum atomic E-state index is -3.68.